The topological polar surface area (TPSA) is 70.0 Å². The number of pyridine rings is 1. The lowest BCUT2D eigenvalue weighted by atomic mass is 9.96. The van der Waals surface area contributed by atoms with Crippen LogP contribution in [-0.2, 0) is 11.3 Å². The van der Waals surface area contributed by atoms with E-state index in [1.54, 1.807) is 0 Å². The summed E-state index contributed by atoms with van der Waals surface area (Å²) in [5.74, 6) is 0.133. The van der Waals surface area contributed by atoms with E-state index in [0.717, 1.165) is 49.0 Å². The van der Waals surface area contributed by atoms with Crippen molar-refractivity contribution in [3.05, 3.63) is 58.5 Å². The zero-order chi connectivity index (χ0) is 18.6. The van der Waals surface area contributed by atoms with Crippen molar-refractivity contribution in [3.63, 3.8) is 0 Å². The van der Waals surface area contributed by atoms with Gasteiger partial charge < -0.3 is 10.2 Å². The fraction of sp³-hybridized carbons (Fsp3) is 0.429. The number of hydrogen-bond acceptors (Lipinski definition) is 5. The van der Waals surface area contributed by atoms with E-state index in [9.17, 15) is 4.79 Å². The first-order valence-corrected chi connectivity index (χ1v) is 9.63. The number of piperidine rings is 1. The molecule has 0 spiro atoms. The largest absolute Gasteiger partial charge is 0.369 e. The molecule has 2 aliphatic heterocycles. The third-order valence-electron chi connectivity index (χ3n) is 5.35. The van der Waals surface area contributed by atoms with E-state index in [-0.39, 0.29) is 11.8 Å². The molecule has 1 aromatic heterocycles. The van der Waals surface area contributed by atoms with Crippen molar-refractivity contribution in [1.29, 1.82) is 0 Å². The molecule has 3 heterocycles. The van der Waals surface area contributed by atoms with Gasteiger partial charge in [-0.15, -0.1) is 0 Å². The van der Waals surface area contributed by atoms with Gasteiger partial charge in [0.05, 0.1) is 30.9 Å². The van der Waals surface area contributed by atoms with E-state index < -0.39 is 0 Å². The minimum Gasteiger partial charge on any atom is -0.369 e. The first-order chi connectivity index (χ1) is 13.2. The van der Waals surface area contributed by atoms with Crippen LogP contribution in [0.5, 0.6) is 0 Å². The Balaban J connectivity index is 1.42. The van der Waals surface area contributed by atoms with Crippen molar-refractivity contribution in [2.75, 3.05) is 31.1 Å². The second kappa shape index (κ2) is 7.86. The van der Waals surface area contributed by atoms with Gasteiger partial charge in [0, 0.05) is 19.6 Å². The minimum atomic E-state index is 0.000395. The quantitative estimate of drug-likeness (QED) is 0.887. The van der Waals surface area contributed by atoms with E-state index >= 15 is 0 Å². The number of amides is 1. The van der Waals surface area contributed by atoms with Gasteiger partial charge in [-0.1, -0.05) is 24.3 Å². The summed E-state index contributed by atoms with van der Waals surface area (Å²) in [7, 11) is 0. The molecule has 1 aromatic carbocycles. The van der Waals surface area contributed by atoms with E-state index in [2.05, 4.69) is 50.3 Å². The van der Waals surface area contributed by atoms with E-state index in [1.807, 2.05) is 18.3 Å². The van der Waals surface area contributed by atoms with Crippen molar-refractivity contribution >= 4 is 11.6 Å². The van der Waals surface area contributed by atoms with Gasteiger partial charge in [-0.25, -0.2) is 4.98 Å². The highest BCUT2D eigenvalue weighted by molar-refractivity contribution is 5.79. The molecule has 4 rings (SSSR count). The molecule has 1 fully saturated rings. The monoisotopic (exact) mass is 363 g/mol. The average Bonchev–Trinajstić information content (AvgIpc) is 2.72. The van der Waals surface area contributed by atoms with Gasteiger partial charge in [0.1, 0.15) is 5.36 Å². The highest BCUT2D eigenvalue weighted by Crippen LogP contribution is 2.22. The van der Waals surface area contributed by atoms with Crippen LogP contribution in [0.2, 0.25) is 0 Å². The van der Waals surface area contributed by atoms with Crippen LogP contribution in [0.3, 0.4) is 0 Å². The van der Waals surface area contributed by atoms with Gasteiger partial charge in [-0.2, -0.15) is 0 Å². The van der Waals surface area contributed by atoms with Crippen LogP contribution in [0.1, 0.15) is 24.0 Å². The van der Waals surface area contributed by atoms with Crippen LogP contribution in [-0.4, -0.2) is 37.1 Å². The molecule has 0 unspecified atom stereocenters. The molecule has 1 saturated heterocycles. The van der Waals surface area contributed by atoms with Crippen molar-refractivity contribution in [1.82, 2.24) is 10.3 Å². The maximum atomic E-state index is 12.7. The SMILES string of the molecule is Cc1ccccc1CNC(=O)[C@H]1CCCN(c2cnc3c(c2)=NCCN=3)C1. The summed E-state index contributed by atoms with van der Waals surface area (Å²) in [6.07, 6.45) is 3.78. The number of anilines is 1. The zero-order valence-electron chi connectivity index (χ0n) is 15.7. The summed E-state index contributed by atoms with van der Waals surface area (Å²) < 4.78 is 0. The minimum absolute atomic E-state index is 0.000395. The van der Waals surface area contributed by atoms with E-state index in [1.165, 1.54) is 11.1 Å². The van der Waals surface area contributed by atoms with Crippen molar-refractivity contribution in [2.45, 2.75) is 26.3 Å². The van der Waals surface area contributed by atoms with Crippen LogP contribution in [0, 0.1) is 12.8 Å². The first kappa shape index (κ1) is 17.6. The summed E-state index contributed by atoms with van der Waals surface area (Å²) in [4.78, 5) is 28.3. The number of carbonyl (C=O) groups is 1. The highest BCUT2D eigenvalue weighted by atomic mass is 16.1. The van der Waals surface area contributed by atoms with Crippen molar-refractivity contribution < 1.29 is 4.79 Å². The Bertz CT molecular complexity index is 955. The normalized spacial score (nSPS) is 18.9. The number of fused-ring (bicyclic) bond motifs is 1. The highest BCUT2D eigenvalue weighted by Gasteiger charge is 2.26. The molecular formula is C21H25N5O. The summed E-state index contributed by atoms with van der Waals surface area (Å²) in [6.45, 7) is 5.76. The van der Waals surface area contributed by atoms with Gasteiger partial charge in [0.25, 0.3) is 0 Å². The maximum absolute atomic E-state index is 12.7. The van der Waals surface area contributed by atoms with Crippen LogP contribution >= 0.6 is 0 Å². The Hall–Kier alpha value is -2.76. The smallest absolute Gasteiger partial charge is 0.225 e. The van der Waals surface area contributed by atoms with Gasteiger partial charge in [0.2, 0.25) is 5.91 Å². The second-order valence-electron chi connectivity index (χ2n) is 7.23. The number of aromatic nitrogens is 1. The number of aryl methyl sites for hydroxylation is 1. The Morgan fingerprint density at radius 1 is 1.26 bits per heavy atom. The molecule has 1 atom stereocenters. The molecule has 1 N–H and O–H groups in total. The van der Waals surface area contributed by atoms with Gasteiger partial charge in [-0.05, 0) is 37.0 Å². The number of benzene rings is 1. The molecule has 27 heavy (non-hydrogen) atoms. The molecular weight excluding hydrogens is 338 g/mol. The fourth-order valence-electron chi connectivity index (χ4n) is 3.73. The predicted molar refractivity (Wildman–Crippen MR) is 104 cm³/mol. The number of nitrogens with one attached hydrogen (secondary N) is 1. The lowest BCUT2D eigenvalue weighted by molar-refractivity contribution is -0.125. The lowest BCUT2D eigenvalue weighted by Gasteiger charge is -2.33. The first-order valence-electron chi connectivity index (χ1n) is 9.63. The Morgan fingerprint density at radius 2 is 2.11 bits per heavy atom. The van der Waals surface area contributed by atoms with Crippen LogP contribution in [0.4, 0.5) is 5.69 Å². The molecule has 140 valence electrons. The van der Waals surface area contributed by atoms with E-state index in [4.69, 9.17) is 0 Å². The van der Waals surface area contributed by atoms with Crippen LogP contribution in [0.25, 0.3) is 0 Å². The Morgan fingerprint density at radius 3 is 3.00 bits per heavy atom. The van der Waals surface area contributed by atoms with E-state index in [0.29, 0.717) is 13.1 Å². The van der Waals surface area contributed by atoms with Crippen LogP contribution in [0.15, 0.2) is 46.5 Å². The summed E-state index contributed by atoms with van der Waals surface area (Å²) >= 11 is 0. The molecule has 0 aliphatic carbocycles. The number of carbonyl (C=O) groups excluding carboxylic acids is 1. The molecule has 0 saturated carbocycles. The van der Waals surface area contributed by atoms with Gasteiger partial charge in [0.15, 0.2) is 5.49 Å². The molecule has 6 nitrogen and oxygen atoms in total. The Labute approximate surface area is 159 Å². The molecule has 2 aliphatic rings. The number of hydrogen-bond donors (Lipinski definition) is 1. The molecule has 0 bridgehead atoms. The molecule has 0 radical (unpaired) electrons. The summed E-state index contributed by atoms with van der Waals surface area (Å²) in [5, 5.41) is 3.98. The summed E-state index contributed by atoms with van der Waals surface area (Å²) in [5.41, 5.74) is 4.14. The van der Waals surface area contributed by atoms with Gasteiger partial charge >= 0.3 is 0 Å². The maximum Gasteiger partial charge on any atom is 0.225 e. The Kier molecular flexibility index (Phi) is 5.14. The standard InChI is InChI=1S/C21H25N5O/c1-15-5-2-3-6-16(15)12-25-21(27)17-7-4-10-26(14-17)18-11-19-20(24-13-18)23-9-8-22-19/h2-3,5-6,11,13,17H,4,7-10,12,14H2,1H3,(H,25,27)/t17-/m0/s1. The third kappa shape index (κ3) is 3.99. The van der Waals surface area contributed by atoms with Crippen molar-refractivity contribution in [2.24, 2.45) is 15.9 Å². The predicted octanol–water partition coefficient (Wildman–Crippen LogP) is 1.18. The zero-order valence-corrected chi connectivity index (χ0v) is 15.7. The fourth-order valence-corrected chi connectivity index (χ4v) is 3.73. The number of nitrogens with zero attached hydrogens (tertiary/aromatic N) is 4. The number of rotatable bonds is 4. The lowest BCUT2D eigenvalue weighted by Crippen LogP contribution is -2.44. The third-order valence-corrected chi connectivity index (χ3v) is 5.35. The second-order valence-corrected chi connectivity index (χ2v) is 7.23. The van der Waals surface area contributed by atoms with Crippen LogP contribution < -0.4 is 21.1 Å². The molecule has 1 amide bonds. The average molecular weight is 363 g/mol. The van der Waals surface area contributed by atoms with Gasteiger partial charge in [-0.3, -0.25) is 14.8 Å². The molecule has 2 aromatic rings. The molecule has 6 heteroatoms. The van der Waals surface area contributed by atoms with Crippen molar-refractivity contribution in [3.8, 4) is 0 Å². The summed E-state index contributed by atoms with van der Waals surface area (Å²) in [6, 6.07) is 10.2.